The summed E-state index contributed by atoms with van der Waals surface area (Å²) in [5.41, 5.74) is 1.48. The Labute approximate surface area is 151 Å². The maximum absolute atomic E-state index is 12.0. The van der Waals surface area contributed by atoms with Crippen molar-refractivity contribution in [3.63, 3.8) is 0 Å². The maximum atomic E-state index is 12.0. The summed E-state index contributed by atoms with van der Waals surface area (Å²) in [5.74, 6) is 0.120. The molecule has 1 aliphatic rings. The fourth-order valence-electron chi connectivity index (χ4n) is 2.41. The van der Waals surface area contributed by atoms with Crippen LogP contribution in [0.15, 0.2) is 58.4 Å². The van der Waals surface area contributed by atoms with Gasteiger partial charge in [-0.2, -0.15) is 0 Å². The van der Waals surface area contributed by atoms with Crippen LogP contribution in [0.2, 0.25) is 5.02 Å². The number of nitrogens with zero attached hydrogens (tertiary/aromatic N) is 1. The standard InChI is InChI=1S/C17H16ClN3O3S/c18-13-7-5-12(6-8-13)11-20-16(22)9-10-19-17-14-3-1-2-4-15(14)25(23,24)21-17/h1-8H,9-11H2,(H,19,21)(H,20,22). The molecule has 0 bridgehead atoms. The van der Waals surface area contributed by atoms with E-state index in [0.717, 1.165) is 5.56 Å². The fourth-order valence-corrected chi connectivity index (χ4v) is 3.79. The molecule has 0 saturated heterocycles. The van der Waals surface area contributed by atoms with Crippen LogP contribution in [0.25, 0.3) is 0 Å². The Morgan fingerprint density at radius 1 is 1.12 bits per heavy atom. The quantitative estimate of drug-likeness (QED) is 0.836. The number of hydrogen-bond donors (Lipinski definition) is 2. The zero-order chi connectivity index (χ0) is 17.9. The van der Waals surface area contributed by atoms with E-state index in [2.05, 4.69) is 15.0 Å². The number of amides is 1. The average Bonchev–Trinajstić information content (AvgIpc) is 2.86. The first-order chi connectivity index (χ1) is 12.0. The van der Waals surface area contributed by atoms with E-state index in [1.54, 1.807) is 30.3 Å². The molecule has 6 nitrogen and oxygen atoms in total. The molecule has 0 atom stereocenters. The van der Waals surface area contributed by atoms with Crippen molar-refractivity contribution in [1.29, 1.82) is 0 Å². The van der Waals surface area contributed by atoms with Crippen molar-refractivity contribution in [1.82, 2.24) is 10.0 Å². The highest BCUT2D eigenvalue weighted by Crippen LogP contribution is 2.22. The van der Waals surface area contributed by atoms with Gasteiger partial charge in [0.1, 0.15) is 5.84 Å². The summed E-state index contributed by atoms with van der Waals surface area (Å²) in [5, 5.41) is 3.43. The Morgan fingerprint density at radius 2 is 1.84 bits per heavy atom. The van der Waals surface area contributed by atoms with E-state index in [9.17, 15) is 13.2 Å². The summed E-state index contributed by atoms with van der Waals surface area (Å²) in [6.07, 6.45) is 0.168. The number of benzene rings is 2. The monoisotopic (exact) mass is 377 g/mol. The lowest BCUT2D eigenvalue weighted by molar-refractivity contribution is -0.121. The van der Waals surface area contributed by atoms with Crippen molar-refractivity contribution in [2.75, 3.05) is 6.54 Å². The van der Waals surface area contributed by atoms with Crippen LogP contribution in [-0.2, 0) is 21.4 Å². The second kappa shape index (κ2) is 7.25. The van der Waals surface area contributed by atoms with E-state index in [4.69, 9.17) is 11.6 Å². The van der Waals surface area contributed by atoms with Gasteiger partial charge in [0.25, 0.3) is 10.0 Å². The highest BCUT2D eigenvalue weighted by molar-refractivity contribution is 7.90. The molecule has 0 aliphatic carbocycles. The van der Waals surface area contributed by atoms with Crippen LogP contribution in [0.3, 0.4) is 0 Å². The van der Waals surface area contributed by atoms with Gasteiger partial charge in [0, 0.05) is 23.6 Å². The van der Waals surface area contributed by atoms with Crippen LogP contribution < -0.4 is 10.0 Å². The van der Waals surface area contributed by atoms with Gasteiger partial charge in [-0.3, -0.25) is 14.5 Å². The van der Waals surface area contributed by atoms with Gasteiger partial charge in [-0.15, -0.1) is 0 Å². The highest BCUT2D eigenvalue weighted by Gasteiger charge is 2.29. The minimum atomic E-state index is -3.55. The highest BCUT2D eigenvalue weighted by atomic mass is 35.5. The lowest BCUT2D eigenvalue weighted by Gasteiger charge is -2.05. The molecule has 0 saturated carbocycles. The Morgan fingerprint density at radius 3 is 2.60 bits per heavy atom. The van der Waals surface area contributed by atoms with Crippen LogP contribution in [0, 0.1) is 0 Å². The molecule has 2 aromatic rings. The molecule has 8 heteroatoms. The predicted molar refractivity (Wildman–Crippen MR) is 96.1 cm³/mol. The molecule has 0 unspecified atom stereocenters. The Kier molecular flexibility index (Phi) is 5.06. The van der Waals surface area contributed by atoms with Gasteiger partial charge >= 0.3 is 0 Å². The minimum absolute atomic E-state index is 0.159. The first-order valence-corrected chi connectivity index (χ1v) is 9.50. The van der Waals surface area contributed by atoms with Gasteiger partial charge in [0.15, 0.2) is 0 Å². The normalized spacial score (nSPS) is 16.3. The van der Waals surface area contributed by atoms with E-state index in [0.29, 0.717) is 17.1 Å². The topological polar surface area (TPSA) is 87.6 Å². The Hall–Kier alpha value is -2.38. The molecule has 0 spiro atoms. The molecular weight excluding hydrogens is 362 g/mol. The number of carbonyl (C=O) groups excluding carboxylic acids is 1. The summed E-state index contributed by atoms with van der Waals surface area (Å²) in [7, 11) is -3.55. The molecule has 130 valence electrons. The minimum Gasteiger partial charge on any atom is -0.352 e. The number of halogens is 1. The van der Waals surface area contributed by atoms with Gasteiger partial charge in [-0.05, 0) is 29.8 Å². The smallest absolute Gasteiger partial charge is 0.263 e. The second-order valence-corrected chi connectivity index (χ2v) is 7.57. The van der Waals surface area contributed by atoms with Crippen LogP contribution in [0.4, 0.5) is 0 Å². The van der Waals surface area contributed by atoms with Crippen molar-refractivity contribution in [2.24, 2.45) is 4.99 Å². The Bertz CT molecular complexity index is 924. The van der Waals surface area contributed by atoms with Crippen LogP contribution in [-0.4, -0.2) is 26.7 Å². The van der Waals surface area contributed by atoms with E-state index in [1.807, 2.05) is 12.1 Å². The summed E-state index contributed by atoms with van der Waals surface area (Å²) < 4.78 is 26.3. The summed E-state index contributed by atoms with van der Waals surface area (Å²) in [6, 6.07) is 13.8. The first kappa shape index (κ1) is 17.4. The molecule has 0 aromatic heterocycles. The Balaban J connectivity index is 1.55. The van der Waals surface area contributed by atoms with Gasteiger partial charge in [0.2, 0.25) is 5.91 Å². The first-order valence-electron chi connectivity index (χ1n) is 7.63. The van der Waals surface area contributed by atoms with Crippen LogP contribution in [0.1, 0.15) is 17.5 Å². The van der Waals surface area contributed by atoms with Crippen LogP contribution >= 0.6 is 11.6 Å². The van der Waals surface area contributed by atoms with Crippen molar-refractivity contribution < 1.29 is 13.2 Å². The van der Waals surface area contributed by atoms with E-state index in [-0.39, 0.29) is 29.6 Å². The third-order valence-corrected chi connectivity index (χ3v) is 5.32. The summed E-state index contributed by atoms with van der Waals surface area (Å²) in [4.78, 5) is 16.3. The van der Waals surface area contributed by atoms with Crippen molar-refractivity contribution >= 4 is 33.4 Å². The number of fused-ring (bicyclic) bond motifs is 1. The molecule has 0 fully saturated rings. The molecule has 1 heterocycles. The van der Waals surface area contributed by atoms with E-state index >= 15 is 0 Å². The zero-order valence-electron chi connectivity index (χ0n) is 13.2. The molecule has 2 N–H and O–H groups in total. The number of hydrogen-bond acceptors (Lipinski definition) is 4. The van der Waals surface area contributed by atoms with Gasteiger partial charge in [0.05, 0.1) is 11.4 Å². The van der Waals surface area contributed by atoms with Gasteiger partial charge in [-0.1, -0.05) is 35.9 Å². The molecule has 1 aliphatic heterocycles. The SMILES string of the molecule is O=C(CCN=C1NS(=O)(=O)c2ccccc21)NCc1ccc(Cl)cc1. The lowest BCUT2D eigenvalue weighted by Crippen LogP contribution is -2.25. The van der Waals surface area contributed by atoms with Crippen molar-refractivity contribution in [3.05, 3.63) is 64.7 Å². The van der Waals surface area contributed by atoms with Gasteiger partial charge < -0.3 is 5.32 Å². The third kappa shape index (κ3) is 4.18. The van der Waals surface area contributed by atoms with E-state index < -0.39 is 10.0 Å². The number of rotatable bonds is 5. The summed E-state index contributed by atoms with van der Waals surface area (Å²) in [6.45, 7) is 0.598. The van der Waals surface area contributed by atoms with Crippen LogP contribution in [0.5, 0.6) is 0 Å². The zero-order valence-corrected chi connectivity index (χ0v) is 14.8. The third-order valence-electron chi connectivity index (χ3n) is 3.67. The molecule has 0 radical (unpaired) electrons. The fraction of sp³-hybridized carbons (Fsp3) is 0.176. The average molecular weight is 378 g/mol. The lowest BCUT2D eigenvalue weighted by atomic mass is 10.2. The molecule has 2 aromatic carbocycles. The number of carbonyl (C=O) groups is 1. The number of nitrogens with one attached hydrogen (secondary N) is 2. The number of sulfonamides is 1. The largest absolute Gasteiger partial charge is 0.352 e. The second-order valence-electron chi connectivity index (χ2n) is 5.49. The molecule has 3 rings (SSSR count). The predicted octanol–water partition coefficient (Wildman–Crippen LogP) is 2.08. The number of amidine groups is 1. The molecule has 25 heavy (non-hydrogen) atoms. The van der Waals surface area contributed by atoms with Crippen molar-refractivity contribution in [3.8, 4) is 0 Å². The van der Waals surface area contributed by atoms with E-state index in [1.165, 1.54) is 6.07 Å². The van der Waals surface area contributed by atoms with Gasteiger partial charge in [-0.25, -0.2) is 8.42 Å². The number of aliphatic imine (C=N–C) groups is 1. The summed E-state index contributed by atoms with van der Waals surface area (Å²) >= 11 is 5.81. The molecular formula is C17H16ClN3O3S. The maximum Gasteiger partial charge on any atom is 0.263 e. The molecule has 1 amide bonds. The van der Waals surface area contributed by atoms with Crippen molar-refractivity contribution in [2.45, 2.75) is 17.9 Å².